The minimum atomic E-state index is -0.697. The minimum absolute atomic E-state index is 0.0756. The van der Waals surface area contributed by atoms with Gasteiger partial charge in [-0.3, -0.25) is 4.79 Å². The quantitative estimate of drug-likeness (QED) is 0.656. The van der Waals surface area contributed by atoms with Crippen molar-refractivity contribution < 1.29 is 4.79 Å². The van der Waals surface area contributed by atoms with E-state index in [-0.39, 0.29) is 5.91 Å². The lowest BCUT2D eigenvalue weighted by Gasteiger charge is -2.29. The fourth-order valence-electron chi connectivity index (χ4n) is 2.94. The zero-order chi connectivity index (χ0) is 15.5. The molecule has 4 nitrogen and oxygen atoms in total. The molecule has 1 heterocycles. The van der Waals surface area contributed by atoms with Crippen molar-refractivity contribution in [3.8, 4) is 0 Å². The SMILES string of the molecule is CCc1nc(NC(=O)C2(C(N)=S)CCCCCC2)sc1C. The van der Waals surface area contributed by atoms with Crippen LogP contribution in [0.2, 0.25) is 0 Å². The lowest BCUT2D eigenvalue weighted by atomic mass is 9.79. The number of hydrogen-bond donors (Lipinski definition) is 2. The molecule has 1 aliphatic carbocycles. The third kappa shape index (κ3) is 3.43. The summed E-state index contributed by atoms with van der Waals surface area (Å²) in [5.74, 6) is -0.0756. The molecule has 0 aromatic carbocycles. The molecule has 1 fully saturated rings. The molecule has 0 bridgehead atoms. The molecule has 1 aromatic rings. The van der Waals surface area contributed by atoms with Gasteiger partial charge in [-0.05, 0) is 26.2 Å². The summed E-state index contributed by atoms with van der Waals surface area (Å²) in [4.78, 5) is 18.7. The Hall–Kier alpha value is -1.01. The average Bonchev–Trinajstić information content (AvgIpc) is 2.66. The first-order chi connectivity index (χ1) is 9.99. The zero-order valence-corrected chi connectivity index (χ0v) is 14.3. The first-order valence-electron chi connectivity index (χ1n) is 7.57. The third-order valence-corrected chi connectivity index (χ3v) is 5.63. The second kappa shape index (κ2) is 6.83. The molecule has 21 heavy (non-hydrogen) atoms. The van der Waals surface area contributed by atoms with Crippen LogP contribution in [0.1, 0.15) is 56.0 Å². The molecule has 0 saturated heterocycles. The summed E-state index contributed by atoms with van der Waals surface area (Å²) >= 11 is 6.75. The van der Waals surface area contributed by atoms with Gasteiger partial charge in [0, 0.05) is 4.88 Å². The van der Waals surface area contributed by atoms with Crippen molar-refractivity contribution >= 4 is 39.6 Å². The molecule has 0 radical (unpaired) electrons. The second-order valence-electron chi connectivity index (χ2n) is 5.69. The number of aryl methyl sites for hydroxylation is 2. The van der Waals surface area contributed by atoms with Crippen molar-refractivity contribution in [2.45, 2.75) is 58.8 Å². The van der Waals surface area contributed by atoms with E-state index in [0.29, 0.717) is 10.1 Å². The molecule has 1 aromatic heterocycles. The first-order valence-corrected chi connectivity index (χ1v) is 8.79. The lowest BCUT2D eigenvalue weighted by molar-refractivity contribution is -0.122. The zero-order valence-electron chi connectivity index (χ0n) is 12.7. The van der Waals surface area contributed by atoms with Gasteiger partial charge in [0.1, 0.15) is 0 Å². The van der Waals surface area contributed by atoms with E-state index in [9.17, 15) is 4.79 Å². The van der Waals surface area contributed by atoms with Gasteiger partial charge in [-0.1, -0.05) is 44.8 Å². The van der Waals surface area contributed by atoms with E-state index in [1.807, 2.05) is 6.92 Å². The number of hydrogen-bond acceptors (Lipinski definition) is 4. The van der Waals surface area contributed by atoms with Crippen molar-refractivity contribution in [1.82, 2.24) is 4.98 Å². The number of anilines is 1. The van der Waals surface area contributed by atoms with Crippen LogP contribution in [0.5, 0.6) is 0 Å². The molecule has 1 amide bonds. The highest BCUT2D eigenvalue weighted by molar-refractivity contribution is 7.80. The Labute approximate surface area is 135 Å². The molecule has 6 heteroatoms. The van der Waals surface area contributed by atoms with E-state index < -0.39 is 5.41 Å². The minimum Gasteiger partial charge on any atom is -0.392 e. The van der Waals surface area contributed by atoms with Crippen LogP contribution in [0, 0.1) is 12.3 Å². The summed E-state index contributed by atoms with van der Waals surface area (Å²) in [5.41, 5.74) is 6.29. The van der Waals surface area contributed by atoms with E-state index in [1.165, 1.54) is 11.3 Å². The molecule has 0 aliphatic heterocycles. The molecule has 0 atom stereocenters. The van der Waals surface area contributed by atoms with Gasteiger partial charge in [0.2, 0.25) is 5.91 Å². The Morgan fingerprint density at radius 3 is 2.48 bits per heavy atom. The Bertz CT molecular complexity index is 531. The average molecular weight is 326 g/mol. The van der Waals surface area contributed by atoms with E-state index in [2.05, 4.69) is 17.2 Å². The van der Waals surface area contributed by atoms with E-state index in [1.54, 1.807) is 0 Å². The molecule has 1 saturated carbocycles. The summed E-state index contributed by atoms with van der Waals surface area (Å²) in [6, 6.07) is 0. The largest absolute Gasteiger partial charge is 0.392 e. The summed E-state index contributed by atoms with van der Waals surface area (Å²) < 4.78 is 0. The molecular weight excluding hydrogens is 302 g/mol. The van der Waals surface area contributed by atoms with Crippen molar-refractivity contribution in [2.24, 2.45) is 11.1 Å². The van der Waals surface area contributed by atoms with Gasteiger partial charge in [0.15, 0.2) is 5.13 Å². The molecule has 0 unspecified atom stereocenters. The summed E-state index contributed by atoms with van der Waals surface area (Å²) in [6.07, 6.45) is 6.67. The van der Waals surface area contributed by atoms with E-state index >= 15 is 0 Å². The van der Waals surface area contributed by atoms with Crippen molar-refractivity contribution in [3.05, 3.63) is 10.6 Å². The fourth-order valence-corrected chi connectivity index (χ4v) is 4.14. The number of thiazole rings is 1. The lowest BCUT2D eigenvalue weighted by Crippen LogP contribution is -2.45. The maximum absolute atomic E-state index is 12.8. The molecule has 3 N–H and O–H groups in total. The van der Waals surface area contributed by atoms with Crippen molar-refractivity contribution in [2.75, 3.05) is 5.32 Å². The van der Waals surface area contributed by atoms with Crippen LogP contribution in [0.4, 0.5) is 5.13 Å². The Balaban J connectivity index is 2.20. The highest BCUT2D eigenvalue weighted by Crippen LogP contribution is 2.37. The number of carbonyl (C=O) groups excluding carboxylic acids is 1. The summed E-state index contributed by atoms with van der Waals surface area (Å²) in [7, 11) is 0. The molecule has 116 valence electrons. The van der Waals surface area contributed by atoms with Gasteiger partial charge in [-0.2, -0.15) is 0 Å². The van der Waals surface area contributed by atoms with Crippen LogP contribution < -0.4 is 11.1 Å². The summed E-state index contributed by atoms with van der Waals surface area (Å²) in [6.45, 7) is 4.09. The van der Waals surface area contributed by atoms with Gasteiger partial charge in [-0.15, -0.1) is 11.3 Å². The smallest absolute Gasteiger partial charge is 0.239 e. The topological polar surface area (TPSA) is 68.0 Å². The molecular formula is C15H23N3OS2. The van der Waals surface area contributed by atoms with E-state index in [4.69, 9.17) is 18.0 Å². The molecule has 1 aliphatic rings. The highest BCUT2D eigenvalue weighted by atomic mass is 32.1. The number of nitrogens with zero attached hydrogens (tertiary/aromatic N) is 1. The number of amides is 1. The Kier molecular flexibility index (Phi) is 5.32. The number of thiocarbonyl (C=S) groups is 1. The van der Waals surface area contributed by atoms with E-state index in [0.717, 1.165) is 55.5 Å². The number of rotatable bonds is 4. The van der Waals surface area contributed by atoms with Gasteiger partial charge in [0.05, 0.1) is 16.1 Å². The summed E-state index contributed by atoms with van der Waals surface area (Å²) in [5, 5.41) is 3.62. The van der Waals surface area contributed by atoms with Crippen LogP contribution in [0.3, 0.4) is 0 Å². The number of aromatic nitrogens is 1. The van der Waals surface area contributed by atoms with Crippen LogP contribution in [0.15, 0.2) is 0 Å². The van der Waals surface area contributed by atoms with Crippen LogP contribution in [-0.2, 0) is 11.2 Å². The van der Waals surface area contributed by atoms with Crippen molar-refractivity contribution in [1.29, 1.82) is 0 Å². The number of carbonyl (C=O) groups is 1. The van der Waals surface area contributed by atoms with Gasteiger partial charge >= 0.3 is 0 Å². The first kappa shape index (κ1) is 16.4. The van der Waals surface area contributed by atoms with Gasteiger partial charge < -0.3 is 11.1 Å². The Morgan fingerprint density at radius 1 is 1.38 bits per heavy atom. The van der Waals surface area contributed by atoms with Crippen LogP contribution in [0.25, 0.3) is 0 Å². The second-order valence-corrected chi connectivity index (χ2v) is 7.33. The van der Waals surface area contributed by atoms with Crippen LogP contribution in [-0.4, -0.2) is 15.9 Å². The molecule has 2 rings (SSSR count). The predicted octanol–water partition coefficient (Wildman–Crippen LogP) is 3.58. The maximum Gasteiger partial charge on any atom is 0.239 e. The normalized spacial score (nSPS) is 18.0. The predicted molar refractivity (Wildman–Crippen MR) is 91.8 cm³/mol. The van der Waals surface area contributed by atoms with Crippen LogP contribution >= 0.6 is 23.6 Å². The standard InChI is InChI=1S/C15H23N3OS2/c1-3-11-10(2)21-14(17-11)18-13(19)15(12(16)20)8-6-4-5-7-9-15/h3-9H2,1-2H3,(H2,16,20)(H,17,18,19). The third-order valence-electron chi connectivity index (χ3n) is 4.31. The maximum atomic E-state index is 12.8. The fraction of sp³-hybridized carbons (Fsp3) is 0.667. The van der Waals surface area contributed by atoms with Gasteiger partial charge in [0.25, 0.3) is 0 Å². The highest BCUT2D eigenvalue weighted by Gasteiger charge is 2.41. The molecule has 0 spiro atoms. The van der Waals surface area contributed by atoms with Crippen molar-refractivity contribution in [3.63, 3.8) is 0 Å². The number of nitrogens with one attached hydrogen (secondary N) is 1. The Morgan fingerprint density at radius 2 is 2.00 bits per heavy atom. The van der Waals surface area contributed by atoms with Gasteiger partial charge in [-0.25, -0.2) is 4.98 Å². The monoisotopic (exact) mass is 325 g/mol. The number of nitrogens with two attached hydrogens (primary N) is 1.